The van der Waals surface area contributed by atoms with E-state index in [0.29, 0.717) is 0 Å². The molecular weight excluding hydrogens is 845 g/mol. The maximum atomic E-state index is 2.54. The maximum absolute atomic E-state index is 2.54. The smallest absolute Gasteiger partial charge is 0.0620 e. The molecular formula is C68H60N2. The third-order valence-electron chi connectivity index (χ3n) is 16.5. The summed E-state index contributed by atoms with van der Waals surface area (Å²) in [6.07, 6.45) is 0. The fourth-order valence-electron chi connectivity index (χ4n) is 12.6. The van der Waals surface area contributed by atoms with Gasteiger partial charge in [0.1, 0.15) is 0 Å². The molecule has 0 N–H and O–H groups in total. The van der Waals surface area contributed by atoms with Gasteiger partial charge in [-0.3, -0.25) is 0 Å². The van der Waals surface area contributed by atoms with Gasteiger partial charge >= 0.3 is 0 Å². The van der Waals surface area contributed by atoms with Crippen LogP contribution in [-0.2, 0) is 21.7 Å². The Morgan fingerprint density at radius 1 is 0.257 bits per heavy atom. The molecule has 2 nitrogen and oxygen atoms in total. The van der Waals surface area contributed by atoms with Gasteiger partial charge in [0, 0.05) is 43.1 Å². The van der Waals surface area contributed by atoms with E-state index < -0.39 is 0 Å². The van der Waals surface area contributed by atoms with Crippen LogP contribution in [0.2, 0.25) is 0 Å². The van der Waals surface area contributed by atoms with Crippen LogP contribution in [0.3, 0.4) is 0 Å². The van der Waals surface area contributed by atoms with E-state index in [0.717, 1.165) is 0 Å². The summed E-state index contributed by atoms with van der Waals surface area (Å²) < 4.78 is 5.08. The predicted molar refractivity (Wildman–Crippen MR) is 305 cm³/mol. The van der Waals surface area contributed by atoms with E-state index in [2.05, 4.69) is 237 Å². The molecule has 14 aromatic rings. The molecule has 0 fully saturated rings. The SMILES string of the molecule is CC(C)(C)c1ccc2c(c1)c1cc(-c3ccc4ccc5c(-c6cc7c8cc(C(C)(C)C)ccc8n8c9ccc(C(C)(C)C)cc9c(c6)c78)ccc6ccc3c4c65)cc3c4cc(C(C)(C)C)ccc4n2c13. The molecule has 0 saturated heterocycles. The molecule has 4 heterocycles. The number of aromatic nitrogens is 2. The van der Waals surface area contributed by atoms with Crippen LogP contribution in [0.15, 0.2) is 146 Å². The highest BCUT2D eigenvalue weighted by Gasteiger charge is 2.27. The minimum absolute atomic E-state index is 0.0378. The fourth-order valence-corrected chi connectivity index (χ4v) is 12.6. The van der Waals surface area contributed by atoms with Gasteiger partial charge in [-0.2, -0.15) is 0 Å². The zero-order valence-corrected chi connectivity index (χ0v) is 42.8. The van der Waals surface area contributed by atoms with E-state index in [4.69, 9.17) is 0 Å². The van der Waals surface area contributed by atoms with Crippen molar-refractivity contribution >= 4 is 109 Å². The number of benzene rings is 10. The number of nitrogens with zero attached hydrogens (tertiary/aromatic N) is 2. The minimum atomic E-state index is 0.0378. The van der Waals surface area contributed by atoms with Gasteiger partial charge in [0.25, 0.3) is 0 Å². The van der Waals surface area contributed by atoms with Gasteiger partial charge < -0.3 is 8.80 Å². The van der Waals surface area contributed by atoms with Gasteiger partial charge in [0.15, 0.2) is 0 Å². The number of hydrogen-bond acceptors (Lipinski definition) is 0. The van der Waals surface area contributed by atoms with E-state index in [1.54, 1.807) is 0 Å². The van der Waals surface area contributed by atoms with E-state index >= 15 is 0 Å². The summed E-state index contributed by atoms with van der Waals surface area (Å²) in [5, 5.41) is 18.5. The molecule has 0 spiro atoms. The Bertz CT molecular complexity index is 4040. The van der Waals surface area contributed by atoms with Crippen LogP contribution in [0.1, 0.15) is 105 Å². The van der Waals surface area contributed by atoms with Crippen LogP contribution in [0.4, 0.5) is 0 Å². The van der Waals surface area contributed by atoms with Crippen LogP contribution < -0.4 is 0 Å². The fraction of sp³-hybridized carbons (Fsp3) is 0.235. The minimum Gasteiger partial charge on any atom is -0.308 e. The van der Waals surface area contributed by atoms with Crippen molar-refractivity contribution in [2.75, 3.05) is 0 Å². The molecule has 0 aliphatic heterocycles. The Kier molecular flexibility index (Phi) is 7.98. The Hall–Kier alpha value is -7.16. The van der Waals surface area contributed by atoms with Crippen molar-refractivity contribution in [2.24, 2.45) is 0 Å². The van der Waals surface area contributed by atoms with E-state index in [9.17, 15) is 0 Å². The summed E-state index contributed by atoms with van der Waals surface area (Å²) in [5.41, 5.74) is 18.4. The molecule has 10 aromatic carbocycles. The van der Waals surface area contributed by atoms with Crippen molar-refractivity contribution < 1.29 is 0 Å². The van der Waals surface area contributed by atoms with Crippen molar-refractivity contribution in [3.05, 3.63) is 168 Å². The molecule has 0 radical (unpaired) electrons. The van der Waals surface area contributed by atoms with Crippen molar-refractivity contribution in [1.29, 1.82) is 0 Å². The predicted octanol–water partition coefficient (Wildman–Crippen LogP) is 19.4. The molecule has 0 amide bonds. The Labute approximate surface area is 410 Å². The Balaban J connectivity index is 1.04. The summed E-state index contributed by atoms with van der Waals surface area (Å²) in [7, 11) is 0. The third kappa shape index (κ3) is 5.62. The first-order valence-electron chi connectivity index (χ1n) is 25.5. The molecule has 14 rings (SSSR count). The molecule has 0 bridgehead atoms. The Morgan fingerprint density at radius 2 is 0.529 bits per heavy atom. The lowest BCUT2D eigenvalue weighted by Crippen LogP contribution is -2.10. The molecule has 0 atom stereocenters. The number of hydrogen-bond donors (Lipinski definition) is 0. The van der Waals surface area contributed by atoms with Gasteiger partial charge in [-0.15, -0.1) is 0 Å². The molecule has 0 unspecified atom stereocenters. The molecule has 70 heavy (non-hydrogen) atoms. The molecule has 342 valence electrons. The molecule has 2 heteroatoms. The highest BCUT2D eigenvalue weighted by molar-refractivity contribution is 6.31. The maximum Gasteiger partial charge on any atom is 0.0620 e. The second-order valence-corrected chi connectivity index (χ2v) is 25.1. The van der Waals surface area contributed by atoms with Crippen molar-refractivity contribution in [2.45, 2.75) is 105 Å². The standard InChI is InChI=1S/C68H60N2/c1-65(2,3)41-17-25-57-49(33-41)53-29-39(30-54-50-34-42(66(4,5)6)18-26-58(50)69(57)63(53)54)45-21-13-37-16-24-48-46(22-14-38-15-23-47(45)61(37)62(38)48)40-31-55-51-35-43(67(7,8)9)19-27-59(51)70-60-28-20-44(68(10,11)12)36-52(60)56(32-40)64(55)70/h13-36H,1-12H3. The van der Waals surface area contributed by atoms with E-state index in [1.165, 1.54) is 153 Å². The lowest BCUT2D eigenvalue weighted by molar-refractivity contribution is 0.591. The first kappa shape index (κ1) is 41.8. The number of fused-ring (bicyclic) bond motifs is 12. The molecule has 0 aliphatic rings. The molecule has 0 saturated carbocycles. The zero-order chi connectivity index (χ0) is 48.3. The monoisotopic (exact) mass is 904 g/mol. The highest BCUT2D eigenvalue weighted by Crippen LogP contribution is 2.49. The second-order valence-electron chi connectivity index (χ2n) is 25.1. The summed E-state index contributed by atoms with van der Waals surface area (Å²) in [5.74, 6) is 0. The van der Waals surface area contributed by atoms with Crippen LogP contribution in [0.5, 0.6) is 0 Å². The van der Waals surface area contributed by atoms with Crippen LogP contribution in [0, 0.1) is 0 Å². The Morgan fingerprint density at radius 3 is 0.800 bits per heavy atom. The summed E-state index contributed by atoms with van der Waals surface area (Å²) in [6.45, 7) is 27.9. The average Bonchev–Trinajstić information content (AvgIpc) is 4.04. The zero-order valence-electron chi connectivity index (χ0n) is 42.8. The number of rotatable bonds is 2. The first-order chi connectivity index (χ1) is 33.2. The van der Waals surface area contributed by atoms with Crippen LogP contribution in [0.25, 0.3) is 131 Å². The van der Waals surface area contributed by atoms with Gasteiger partial charge in [-0.25, -0.2) is 0 Å². The summed E-state index contributed by atoms with van der Waals surface area (Å²) in [6, 6.07) is 57.8. The summed E-state index contributed by atoms with van der Waals surface area (Å²) in [4.78, 5) is 0. The highest BCUT2D eigenvalue weighted by atomic mass is 14.9. The van der Waals surface area contributed by atoms with Crippen molar-refractivity contribution in [3.8, 4) is 22.3 Å². The van der Waals surface area contributed by atoms with Crippen LogP contribution in [-0.4, -0.2) is 8.80 Å². The molecule has 4 aromatic heterocycles. The van der Waals surface area contributed by atoms with Crippen molar-refractivity contribution in [1.82, 2.24) is 8.80 Å². The second kappa shape index (κ2) is 13.4. The van der Waals surface area contributed by atoms with E-state index in [1.807, 2.05) is 0 Å². The lowest BCUT2D eigenvalue weighted by Gasteiger charge is -2.20. The average molecular weight is 905 g/mol. The van der Waals surface area contributed by atoms with Crippen LogP contribution >= 0.6 is 0 Å². The van der Waals surface area contributed by atoms with Gasteiger partial charge in [-0.1, -0.05) is 156 Å². The topological polar surface area (TPSA) is 8.82 Å². The van der Waals surface area contributed by atoms with Gasteiger partial charge in [0.2, 0.25) is 0 Å². The third-order valence-corrected chi connectivity index (χ3v) is 16.5. The normalized spacial score (nSPS) is 13.7. The largest absolute Gasteiger partial charge is 0.308 e. The lowest BCUT2D eigenvalue weighted by atomic mass is 9.85. The first-order valence-corrected chi connectivity index (χ1v) is 25.5. The van der Waals surface area contributed by atoms with Gasteiger partial charge in [-0.05, 0) is 171 Å². The van der Waals surface area contributed by atoms with E-state index in [-0.39, 0.29) is 21.7 Å². The summed E-state index contributed by atoms with van der Waals surface area (Å²) >= 11 is 0. The van der Waals surface area contributed by atoms with Gasteiger partial charge in [0.05, 0.1) is 33.1 Å². The quantitative estimate of drug-likeness (QED) is 0.153. The van der Waals surface area contributed by atoms with Crippen molar-refractivity contribution in [3.63, 3.8) is 0 Å². The molecule has 0 aliphatic carbocycles.